The standard InChI is InChI=1S/C13H15FN2O/c14-10-4-2-1-3-8(10)7-15-13(17)12-6-9-5-11(9)16-12/h1-4,9,11-12,16H,5-7H2,(H,15,17). The van der Waals surface area contributed by atoms with Crippen molar-refractivity contribution in [2.75, 3.05) is 0 Å². The maximum atomic E-state index is 13.3. The normalized spacial score (nSPS) is 29.8. The van der Waals surface area contributed by atoms with Crippen LogP contribution in [0.25, 0.3) is 0 Å². The van der Waals surface area contributed by atoms with Gasteiger partial charge in [-0.25, -0.2) is 4.39 Å². The molecule has 1 saturated heterocycles. The second kappa shape index (κ2) is 4.11. The molecule has 1 amide bonds. The number of benzene rings is 1. The topological polar surface area (TPSA) is 41.1 Å². The van der Waals surface area contributed by atoms with Gasteiger partial charge in [-0.1, -0.05) is 18.2 Å². The lowest BCUT2D eigenvalue weighted by atomic mass is 10.1. The molecule has 1 saturated carbocycles. The molecule has 2 aliphatic rings. The van der Waals surface area contributed by atoms with Gasteiger partial charge in [0.2, 0.25) is 5.91 Å². The third-order valence-electron chi connectivity index (χ3n) is 3.60. The Labute approximate surface area is 99.4 Å². The molecule has 90 valence electrons. The summed E-state index contributed by atoms with van der Waals surface area (Å²) in [4.78, 5) is 11.8. The molecule has 1 aromatic carbocycles. The first kappa shape index (κ1) is 10.7. The fourth-order valence-electron chi connectivity index (χ4n) is 2.47. The predicted molar refractivity (Wildman–Crippen MR) is 61.7 cm³/mol. The maximum absolute atomic E-state index is 13.3. The van der Waals surface area contributed by atoms with E-state index in [1.807, 2.05) is 0 Å². The molecular weight excluding hydrogens is 219 g/mol. The van der Waals surface area contributed by atoms with Crippen molar-refractivity contribution < 1.29 is 9.18 Å². The van der Waals surface area contributed by atoms with E-state index in [4.69, 9.17) is 0 Å². The lowest BCUT2D eigenvalue weighted by Crippen LogP contribution is -2.41. The summed E-state index contributed by atoms with van der Waals surface area (Å²) in [6.07, 6.45) is 2.13. The van der Waals surface area contributed by atoms with Gasteiger partial charge in [0.25, 0.3) is 0 Å². The smallest absolute Gasteiger partial charge is 0.237 e. The van der Waals surface area contributed by atoms with Crippen molar-refractivity contribution >= 4 is 5.91 Å². The molecule has 0 aromatic heterocycles. The van der Waals surface area contributed by atoms with Crippen LogP contribution in [0.3, 0.4) is 0 Å². The van der Waals surface area contributed by atoms with E-state index in [1.54, 1.807) is 18.2 Å². The third kappa shape index (κ3) is 2.17. The fourth-order valence-corrected chi connectivity index (χ4v) is 2.47. The van der Waals surface area contributed by atoms with Crippen molar-refractivity contribution in [3.63, 3.8) is 0 Å². The Balaban J connectivity index is 1.54. The molecule has 1 aromatic rings. The number of hydrogen-bond acceptors (Lipinski definition) is 2. The summed E-state index contributed by atoms with van der Waals surface area (Å²) in [5, 5.41) is 6.05. The third-order valence-corrected chi connectivity index (χ3v) is 3.60. The van der Waals surface area contributed by atoms with E-state index in [-0.39, 0.29) is 24.3 Å². The summed E-state index contributed by atoms with van der Waals surface area (Å²) >= 11 is 0. The number of carbonyl (C=O) groups excluding carboxylic acids is 1. The summed E-state index contributed by atoms with van der Waals surface area (Å²) in [6, 6.07) is 6.99. The van der Waals surface area contributed by atoms with Crippen molar-refractivity contribution in [3.05, 3.63) is 35.6 Å². The molecule has 17 heavy (non-hydrogen) atoms. The quantitative estimate of drug-likeness (QED) is 0.825. The molecule has 2 N–H and O–H groups in total. The highest BCUT2D eigenvalue weighted by molar-refractivity contribution is 5.82. The van der Waals surface area contributed by atoms with E-state index in [9.17, 15) is 9.18 Å². The Hall–Kier alpha value is -1.42. The van der Waals surface area contributed by atoms with Gasteiger partial charge in [-0.05, 0) is 24.8 Å². The highest BCUT2D eigenvalue weighted by atomic mass is 19.1. The Morgan fingerprint density at radius 2 is 2.24 bits per heavy atom. The minimum absolute atomic E-state index is 0.0135. The lowest BCUT2D eigenvalue weighted by molar-refractivity contribution is -0.123. The number of nitrogens with one attached hydrogen (secondary N) is 2. The van der Waals surface area contributed by atoms with Gasteiger partial charge in [-0.3, -0.25) is 4.79 Å². The molecule has 2 fully saturated rings. The van der Waals surface area contributed by atoms with Crippen LogP contribution in [0.5, 0.6) is 0 Å². The van der Waals surface area contributed by atoms with E-state index in [2.05, 4.69) is 10.6 Å². The minimum atomic E-state index is -0.268. The van der Waals surface area contributed by atoms with E-state index >= 15 is 0 Å². The zero-order valence-electron chi connectivity index (χ0n) is 9.45. The van der Waals surface area contributed by atoms with Crippen LogP contribution in [0, 0.1) is 11.7 Å². The van der Waals surface area contributed by atoms with Crippen LogP contribution in [0.15, 0.2) is 24.3 Å². The van der Waals surface area contributed by atoms with Gasteiger partial charge < -0.3 is 10.6 Å². The first-order chi connectivity index (χ1) is 8.24. The SMILES string of the molecule is O=C(NCc1ccccc1F)C1CC2CC2N1. The Kier molecular flexibility index (Phi) is 2.59. The van der Waals surface area contributed by atoms with Crippen molar-refractivity contribution in [1.82, 2.24) is 10.6 Å². The van der Waals surface area contributed by atoms with Crippen LogP contribution in [0.1, 0.15) is 18.4 Å². The highest BCUT2D eigenvalue weighted by Crippen LogP contribution is 2.40. The van der Waals surface area contributed by atoms with Crippen molar-refractivity contribution in [1.29, 1.82) is 0 Å². The zero-order chi connectivity index (χ0) is 11.8. The predicted octanol–water partition coefficient (Wildman–Crippen LogP) is 1.19. The average Bonchev–Trinajstić information content (AvgIpc) is 2.95. The van der Waals surface area contributed by atoms with Gasteiger partial charge >= 0.3 is 0 Å². The number of halogens is 1. The van der Waals surface area contributed by atoms with Gasteiger partial charge in [-0.2, -0.15) is 0 Å². The van der Waals surface area contributed by atoms with Gasteiger partial charge in [-0.15, -0.1) is 0 Å². The number of carbonyl (C=O) groups is 1. The number of fused-ring (bicyclic) bond motifs is 1. The lowest BCUT2D eigenvalue weighted by Gasteiger charge is -2.13. The summed E-state index contributed by atoms with van der Waals surface area (Å²) in [5.74, 6) is 0.412. The molecule has 1 heterocycles. The number of hydrogen-bond donors (Lipinski definition) is 2. The van der Waals surface area contributed by atoms with E-state index < -0.39 is 0 Å². The number of rotatable bonds is 3. The molecule has 0 radical (unpaired) electrons. The number of amides is 1. The average molecular weight is 234 g/mol. The molecule has 0 bridgehead atoms. The summed E-state index contributed by atoms with van der Waals surface area (Å²) in [7, 11) is 0. The van der Waals surface area contributed by atoms with Gasteiger partial charge in [0, 0.05) is 18.2 Å². The largest absolute Gasteiger partial charge is 0.351 e. The number of piperidine rings is 1. The first-order valence-corrected chi connectivity index (χ1v) is 6.01. The summed E-state index contributed by atoms with van der Waals surface area (Å²) in [6.45, 7) is 0.263. The summed E-state index contributed by atoms with van der Waals surface area (Å²) < 4.78 is 13.3. The minimum Gasteiger partial charge on any atom is -0.351 e. The first-order valence-electron chi connectivity index (χ1n) is 6.01. The van der Waals surface area contributed by atoms with Crippen LogP contribution in [0.2, 0.25) is 0 Å². The molecule has 3 atom stereocenters. The van der Waals surface area contributed by atoms with Crippen LogP contribution in [-0.4, -0.2) is 18.0 Å². The van der Waals surface area contributed by atoms with Gasteiger partial charge in [0.15, 0.2) is 0 Å². The van der Waals surface area contributed by atoms with E-state index in [1.165, 1.54) is 12.5 Å². The molecule has 4 heteroatoms. The maximum Gasteiger partial charge on any atom is 0.237 e. The molecule has 0 spiro atoms. The zero-order valence-corrected chi connectivity index (χ0v) is 9.45. The molecule has 3 unspecified atom stereocenters. The second-order valence-corrected chi connectivity index (χ2v) is 4.87. The molecule has 1 aliphatic carbocycles. The van der Waals surface area contributed by atoms with Crippen LogP contribution >= 0.6 is 0 Å². The van der Waals surface area contributed by atoms with Crippen LogP contribution in [-0.2, 0) is 11.3 Å². The Morgan fingerprint density at radius 3 is 2.94 bits per heavy atom. The fraction of sp³-hybridized carbons (Fsp3) is 0.462. The Morgan fingerprint density at radius 1 is 1.41 bits per heavy atom. The second-order valence-electron chi connectivity index (χ2n) is 4.87. The summed E-state index contributed by atoms with van der Waals surface area (Å²) in [5.41, 5.74) is 0.531. The van der Waals surface area contributed by atoms with Crippen LogP contribution in [0.4, 0.5) is 4.39 Å². The monoisotopic (exact) mass is 234 g/mol. The van der Waals surface area contributed by atoms with Crippen molar-refractivity contribution in [3.8, 4) is 0 Å². The van der Waals surface area contributed by atoms with E-state index in [0.717, 1.165) is 6.42 Å². The van der Waals surface area contributed by atoms with E-state index in [0.29, 0.717) is 17.5 Å². The molecule has 1 aliphatic heterocycles. The van der Waals surface area contributed by atoms with Gasteiger partial charge in [0.1, 0.15) is 5.82 Å². The van der Waals surface area contributed by atoms with Crippen LogP contribution < -0.4 is 10.6 Å². The Bertz CT molecular complexity index is 439. The van der Waals surface area contributed by atoms with Crippen molar-refractivity contribution in [2.45, 2.75) is 31.5 Å². The molecule has 3 nitrogen and oxygen atoms in total. The van der Waals surface area contributed by atoms with Gasteiger partial charge in [0.05, 0.1) is 6.04 Å². The van der Waals surface area contributed by atoms with Crippen molar-refractivity contribution in [2.24, 2.45) is 5.92 Å². The highest BCUT2D eigenvalue weighted by Gasteiger charge is 2.47. The molecule has 3 rings (SSSR count). The molecular formula is C13H15FN2O.